The van der Waals surface area contributed by atoms with E-state index in [1.54, 1.807) is 0 Å². The largest absolute Gasteiger partial charge is 0.455 e. The molecule has 0 N–H and O–H groups in total. The van der Waals surface area contributed by atoms with Crippen LogP contribution in [0.25, 0.3) is 127 Å². The van der Waals surface area contributed by atoms with Gasteiger partial charge in [0.2, 0.25) is 0 Å². The minimum Gasteiger partial charge on any atom is -0.455 e. The molecule has 3 aromatic heterocycles. The molecule has 13 rings (SSSR count). The van der Waals surface area contributed by atoms with Crippen LogP contribution < -0.4 is 0 Å². The number of hydrogen-bond acceptors (Lipinski definition) is 4. The van der Waals surface area contributed by atoms with Crippen molar-refractivity contribution in [2.45, 2.75) is 0 Å². The molecule has 0 saturated heterocycles. The first kappa shape index (κ1) is 34.5. The molecule has 0 amide bonds. The highest BCUT2D eigenvalue weighted by Crippen LogP contribution is 2.44. The third kappa shape index (κ3) is 5.25. The van der Waals surface area contributed by atoms with E-state index in [0.29, 0.717) is 17.5 Å². The van der Waals surface area contributed by atoms with E-state index in [1.165, 1.54) is 37.8 Å². The van der Waals surface area contributed by atoms with Crippen molar-refractivity contribution in [3.8, 4) is 51.0 Å². The van der Waals surface area contributed by atoms with Crippen molar-refractivity contribution in [3.05, 3.63) is 206 Å². The average molecular weight is 791 g/mol. The van der Waals surface area contributed by atoms with E-state index < -0.39 is 0 Å². The topological polar surface area (TPSA) is 56.7 Å². The molecule has 13 aromatic rings. The quantitative estimate of drug-likeness (QED) is 0.174. The van der Waals surface area contributed by atoms with Crippen molar-refractivity contribution >= 4 is 76.1 Å². The Labute approximate surface area is 355 Å². The predicted molar refractivity (Wildman–Crippen MR) is 256 cm³/mol. The standard InChI is InChI=1S/C57H34N4O/c1-3-15-35(16-4-1)40-24-13-25-43-46(56-58-55(37-18-5-2-6-19-37)59-57(60-56)47-27-14-26-45-42-23-11-12-28-51(42)62-54(45)47)31-32-49(52(40)43)61-50-34-39-21-8-7-20-38(39)33-48(50)44-30-29-36-17-9-10-22-41(36)53(44)61/h1-34H. The number of para-hydroxylation sites is 2. The number of furan rings is 1. The normalized spacial score (nSPS) is 11.9. The summed E-state index contributed by atoms with van der Waals surface area (Å²) in [6.45, 7) is 0. The SMILES string of the molecule is c1ccc(-c2nc(-c3ccc(-n4c5cc6ccccc6cc5c5ccc6ccccc6c54)c4c(-c5ccccc5)cccc34)nc(-c3cccc4c3oc3ccccc34)n2)cc1. The first-order chi connectivity index (χ1) is 30.7. The molecule has 0 atom stereocenters. The van der Waals surface area contributed by atoms with E-state index in [1.807, 2.05) is 42.5 Å². The van der Waals surface area contributed by atoms with E-state index in [4.69, 9.17) is 19.4 Å². The van der Waals surface area contributed by atoms with Gasteiger partial charge in [0.25, 0.3) is 0 Å². The van der Waals surface area contributed by atoms with E-state index in [9.17, 15) is 0 Å². The molecule has 288 valence electrons. The van der Waals surface area contributed by atoms with E-state index in [2.05, 4.69) is 168 Å². The van der Waals surface area contributed by atoms with E-state index in [0.717, 1.165) is 71.7 Å². The molecule has 62 heavy (non-hydrogen) atoms. The smallest absolute Gasteiger partial charge is 0.167 e. The molecule has 0 fully saturated rings. The fraction of sp³-hybridized carbons (Fsp3) is 0. The molecule has 5 nitrogen and oxygen atoms in total. The highest BCUT2D eigenvalue weighted by molar-refractivity contribution is 6.22. The Hall–Kier alpha value is -8.41. The van der Waals surface area contributed by atoms with Gasteiger partial charge in [-0.1, -0.05) is 170 Å². The van der Waals surface area contributed by atoms with Crippen LogP contribution in [-0.4, -0.2) is 19.5 Å². The van der Waals surface area contributed by atoms with Gasteiger partial charge in [-0.25, -0.2) is 15.0 Å². The van der Waals surface area contributed by atoms with Gasteiger partial charge in [0.1, 0.15) is 11.2 Å². The maximum atomic E-state index is 6.55. The highest BCUT2D eigenvalue weighted by atomic mass is 16.3. The summed E-state index contributed by atoms with van der Waals surface area (Å²) in [6.07, 6.45) is 0. The van der Waals surface area contributed by atoms with Gasteiger partial charge < -0.3 is 8.98 Å². The number of aromatic nitrogens is 4. The first-order valence-electron chi connectivity index (χ1n) is 20.9. The van der Waals surface area contributed by atoms with Crippen molar-refractivity contribution in [3.63, 3.8) is 0 Å². The maximum absolute atomic E-state index is 6.55. The van der Waals surface area contributed by atoms with Gasteiger partial charge in [0.05, 0.1) is 22.3 Å². The van der Waals surface area contributed by atoms with Crippen molar-refractivity contribution in [1.29, 1.82) is 0 Å². The van der Waals surface area contributed by atoms with Crippen molar-refractivity contribution in [2.24, 2.45) is 0 Å². The van der Waals surface area contributed by atoms with Gasteiger partial charge in [-0.3, -0.25) is 0 Å². The lowest BCUT2D eigenvalue weighted by atomic mass is 9.93. The summed E-state index contributed by atoms with van der Waals surface area (Å²) in [5.74, 6) is 1.73. The Morgan fingerprint density at radius 3 is 1.77 bits per heavy atom. The Morgan fingerprint density at radius 1 is 0.355 bits per heavy atom. The predicted octanol–water partition coefficient (Wildman–Crippen LogP) is 15.0. The Kier molecular flexibility index (Phi) is 7.54. The summed E-state index contributed by atoms with van der Waals surface area (Å²) in [5, 5.41) is 11.5. The minimum atomic E-state index is 0.552. The number of nitrogens with zero attached hydrogens (tertiary/aromatic N) is 4. The zero-order valence-electron chi connectivity index (χ0n) is 33.3. The molecule has 10 aromatic carbocycles. The van der Waals surface area contributed by atoms with Crippen LogP contribution in [-0.2, 0) is 0 Å². The summed E-state index contributed by atoms with van der Waals surface area (Å²) in [6, 6.07) is 72.9. The van der Waals surface area contributed by atoms with Crippen LogP contribution in [0.4, 0.5) is 0 Å². The van der Waals surface area contributed by atoms with Crippen molar-refractivity contribution in [1.82, 2.24) is 19.5 Å². The van der Waals surface area contributed by atoms with Crippen molar-refractivity contribution in [2.75, 3.05) is 0 Å². The number of rotatable bonds is 5. The molecule has 0 aliphatic heterocycles. The Bertz CT molecular complexity index is 3920. The lowest BCUT2D eigenvalue weighted by molar-refractivity contribution is 0.669. The third-order valence-corrected chi connectivity index (χ3v) is 12.4. The minimum absolute atomic E-state index is 0.552. The van der Waals surface area contributed by atoms with E-state index >= 15 is 0 Å². The molecule has 0 aliphatic carbocycles. The Balaban J connectivity index is 1.14. The molecule has 0 radical (unpaired) electrons. The summed E-state index contributed by atoms with van der Waals surface area (Å²) < 4.78 is 9.04. The van der Waals surface area contributed by atoms with Gasteiger partial charge in [-0.05, 0) is 69.1 Å². The molecular formula is C57H34N4O. The third-order valence-electron chi connectivity index (χ3n) is 12.4. The van der Waals surface area contributed by atoms with Crippen LogP contribution in [0.1, 0.15) is 0 Å². The van der Waals surface area contributed by atoms with Crippen LogP contribution in [0, 0.1) is 0 Å². The summed E-state index contributed by atoms with van der Waals surface area (Å²) in [4.78, 5) is 15.8. The second-order valence-electron chi connectivity index (χ2n) is 15.9. The second kappa shape index (κ2) is 13.6. The van der Waals surface area contributed by atoms with Crippen LogP contribution in [0.15, 0.2) is 211 Å². The maximum Gasteiger partial charge on any atom is 0.167 e. The van der Waals surface area contributed by atoms with Crippen LogP contribution >= 0.6 is 0 Å². The molecule has 0 spiro atoms. The lowest BCUT2D eigenvalue weighted by Crippen LogP contribution is -2.02. The van der Waals surface area contributed by atoms with Crippen molar-refractivity contribution < 1.29 is 4.42 Å². The number of benzene rings is 10. The van der Waals surface area contributed by atoms with Gasteiger partial charge >= 0.3 is 0 Å². The zero-order chi connectivity index (χ0) is 40.7. The Morgan fingerprint density at radius 2 is 0.968 bits per heavy atom. The molecule has 0 aliphatic rings. The second-order valence-corrected chi connectivity index (χ2v) is 15.9. The monoisotopic (exact) mass is 790 g/mol. The summed E-state index contributed by atoms with van der Waals surface area (Å²) in [5.41, 5.74) is 9.88. The van der Waals surface area contributed by atoms with Gasteiger partial charge in [-0.2, -0.15) is 0 Å². The van der Waals surface area contributed by atoms with Gasteiger partial charge in [0.15, 0.2) is 17.5 Å². The van der Waals surface area contributed by atoms with Gasteiger partial charge in [-0.15, -0.1) is 0 Å². The van der Waals surface area contributed by atoms with Crippen LogP contribution in [0.3, 0.4) is 0 Å². The number of hydrogen-bond donors (Lipinski definition) is 0. The lowest BCUT2D eigenvalue weighted by Gasteiger charge is -2.18. The highest BCUT2D eigenvalue weighted by Gasteiger charge is 2.23. The van der Waals surface area contributed by atoms with Crippen LogP contribution in [0.2, 0.25) is 0 Å². The number of fused-ring (bicyclic) bond motifs is 10. The molecule has 3 heterocycles. The van der Waals surface area contributed by atoms with Gasteiger partial charge in [0, 0.05) is 43.4 Å². The first-order valence-corrected chi connectivity index (χ1v) is 20.9. The zero-order valence-corrected chi connectivity index (χ0v) is 33.3. The fourth-order valence-corrected chi connectivity index (χ4v) is 9.60. The molecule has 0 bridgehead atoms. The average Bonchev–Trinajstić information content (AvgIpc) is 3.89. The molecule has 0 saturated carbocycles. The molecule has 0 unspecified atom stereocenters. The fourth-order valence-electron chi connectivity index (χ4n) is 9.60. The summed E-state index contributed by atoms with van der Waals surface area (Å²) >= 11 is 0. The summed E-state index contributed by atoms with van der Waals surface area (Å²) in [7, 11) is 0. The molecule has 5 heteroatoms. The van der Waals surface area contributed by atoms with E-state index in [-0.39, 0.29) is 0 Å². The molecular weight excluding hydrogens is 757 g/mol. The van der Waals surface area contributed by atoms with Crippen LogP contribution in [0.5, 0.6) is 0 Å².